The highest BCUT2D eigenvalue weighted by Gasteiger charge is 2.06. The van der Waals surface area contributed by atoms with Gasteiger partial charge in [-0.05, 0) is 20.0 Å². The van der Waals surface area contributed by atoms with Crippen LogP contribution in [-0.2, 0) is 0 Å². The van der Waals surface area contributed by atoms with Crippen LogP contribution >= 0.6 is 0 Å². The lowest BCUT2D eigenvalue weighted by atomic mass is 10.4. The molecule has 0 saturated carbocycles. The molecular weight excluding hydrogens is 126 g/mol. The molecule has 0 spiro atoms. The van der Waals surface area contributed by atoms with Gasteiger partial charge in [-0.15, -0.1) is 5.92 Å². The Morgan fingerprint density at radius 2 is 1.90 bits per heavy atom. The fraction of sp³-hybridized carbons (Fsp3) is 0.750. The Morgan fingerprint density at radius 3 is 2.20 bits per heavy atom. The van der Waals surface area contributed by atoms with Crippen molar-refractivity contribution < 1.29 is 5.11 Å². The molecule has 0 rings (SSSR count). The van der Waals surface area contributed by atoms with E-state index >= 15 is 0 Å². The molecule has 0 bridgehead atoms. The summed E-state index contributed by atoms with van der Waals surface area (Å²) in [5, 5.41) is 9.26. The van der Waals surface area contributed by atoms with Crippen LogP contribution in [0.4, 0.5) is 0 Å². The zero-order chi connectivity index (χ0) is 7.98. The number of aliphatic hydroxyl groups excluding tert-OH is 1. The third kappa shape index (κ3) is 2.86. The summed E-state index contributed by atoms with van der Waals surface area (Å²) < 4.78 is 0. The second-order valence-electron chi connectivity index (χ2n) is 1.99. The fourth-order valence-corrected chi connectivity index (χ4v) is 0.790. The van der Waals surface area contributed by atoms with Gasteiger partial charge in [0.05, 0.1) is 0 Å². The standard InChI is InChI=1S/C8H15NO/c1-4-7-8(10)9(5-2)6-3/h8,10H,5-6H2,1-3H3. The maximum absolute atomic E-state index is 9.26. The lowest BCUT2D eigenvalue weighted by Gasteiger charge is -2.19. The second-order valence-corrected chi connectivity index (χ2v) is 1.99. The molecule has 0 aliphatic rings. The van der Waals surface area contributed by atoms with Crippen molar-refractivity contribution in [2.45, 2.75) is 27.0 Å². The lowest BCUT2D eigenvalue weighted by Crippen LogP contribution is -2.33. The molecule has 58 valence electrons. The smallest absolute Gasteiger partial charge is 0.170 e. The molecular formula is C8H15NO. The van der Waals surface area contributed by atoms with Gasteiger partial charge in [0.15, 0.2) is 6.23 Å². The largest absolute Gasteiger partial charge is 0.367 e. The molecule has 10 heavy (non-hydrogen) atoms. The van der Waals surface area contributed by atoms with Crippen LogP contribution < -0.4 is 0 Å². The SMILES string of the molecule is CC#CC(O)N(CC)CC. The number of hydrogen-bond donors (Lipinski definition) is 1. The summed E-state index contributed by atoms with van der Waals surface area (Å²) in [6, 6.07) is 0. The van der Waals surface area contributed by atoms with Crippen LogP contribution in [0.25, 0.3) is 0 Å². The maximum atomic E-state index is 9.26. The Hall–Kier alpha value is -0.520. The zero-order valence-electron chi connectivity index (χ0n) is 6.89. The van der Waals surface area contributed by atoms with Crippen molar-refractivity contribution in [2.75, 3.05) is 13.1 Å². The molecule has 1 N–H and O–H groups in total. The van der Waals surface area contributed by atoms with E-state index in [9.17, 15) is 5.11 Å². The minimum absolute atomic E-state index is 0.583. The molecule has 0 aromatic carbocycles. The summed E-state index contributed by atoms with van der Waals surface area (Å²) in [6.45, 7) is 7.42. The van der Waals surface area contributed by atoms with E-state index in [0.717, 1.165) is 13.1 Å². The predicted molar refractivity (Wildman–Crippen MR) is 42.4 cm³/mol. The van der Waals surface area contributed by atoms with Crippen LogP contribution in [0, 0.1) is 11.8 Å². The van der Waals surface area contributed by atoms with Crippen LogP contribution in [0.2, 0.25) is 0 Å². The van der Waals surface area contributed by atoms with Crippen molar-refractivity contribution in [3.05, 3.63) is 0 Å². The van der Waals surface area contributed by atoms with Crippen LogP contribution in [0.15, 0.2) is 0 Å². The van der Waals surface area contributed by atoms with Crippen LogP contribution in [0.3, 0.4) is 0 Å². The van der Waals surface area contributed by atoms with E-state index in [4.69, 9.17) is 0 Å². The fourth-order valence-electron chi connectivity index (χ4n) is 0.790. The predicted octanol–water partition coefficient (Wildman–Crippen LogP) is 0.670. The Morgan fingerprint density at radius 1 is 1.40 bits per heavy atom. The van der Waals surface area contributed by atoms with Gasteiger partial charge in [-0.2, -0.15) is 0 Å². The molecule has 0 aliphatic heterocycles. The van der Waals surface area contributed by atoms with E-state index < -0.39 is 6.23 Å². The van der Waals surface area contributed by atoms with Crippen molar-refractivity contribution in [3.8, 4) is 11.8 Å². The first-order chi connectivity index (χ1) is 4.76. The average Bonchev–Trinajstić information content (AvgIpc) is 1.91. The molecule has 2 heteroatoms. The topological polar surface area (TPSA) is 23.5 Å². The Balaban J connectivity index is 3.83. The molecule has 1 unspecified atom stereocenters. The summed E-state index contributed by atoms with van der Waals surface area (Å²) >= 11 is 0. The highest BCUT2D eigenvalue weighted by atomic mass is 16.3. The van der Waals surface area contributed by atoms with Crippen LogP contribution in [0.5, 0.6) is 0 Å². The zero-order valence-corrected chi connectivity index (χ0v) is 6.89. The Bertz CT molecular complexity index is 130. The monoisotopic (exact) mass is 141 g/mol. The van der Waals surface area contributed by atoms with Gasteiger partial charge in [0, 0.05) is 0 Å². The summed E-state index contributed by atoms with van der Waals surface area (Å²) in [5.41, 5.74) is 0. The highest BCUT2D eigenvalue weighted by molar-refractivity contribution is 5.00. The van der Waals surface area contributed by atoms with Crippen LogP contribution in [0.1, 0.15) is 20.8 Å². The quantitative estimate of drug-likeness (QED) is 0.461. The van der Waals surface area contributed by atoms with E-state index in [1.807, 2.05) is 18.7 Å². The normalized spacial score (nSPS) is 12.5. The van der Waals surface area contributed by atoms with E-state index in [1.54, 1.807) is 6.92 Å². The van der Waals surface area contributed by atoms with Gasteiger partial charge in [0.1, 0.15) is 0 Å². The third-order valence-corrected chi connectivity index (χ3v) is 1.43. The van der Waals surface area contributed by atoms with E-state index in [2.05, 4.69) is 11.8 Å². The number of aliphatic hydroxyl groups is 1. The minimum Gasteiger partial charge on any atom is -0.367 e. The minimum atomic E-state index is -0.583. The first kappa shape index (κ1) is 9.48. The summed E-state index contributed by atoms with van der Waals surface area (Å²) in [6.07, 6.45) is -0.583. The van der Waals surface area contributed by atoms with E-state index in [0.29, 0.717) is 0 Å². The molecule has 0 aliphatic carbocycles. The van der Waals surface area contributed by atoms with Crippen molar-refractivity contribution in [3.63, 3.8) is 0 Å². The van der Waals surface area contributed by atoms with E-state index in [1.165, 1.54) is 0 Å². The van der Waals surface area contributed by atoms with Crippen molar-refractivity contribution in [2.24, 2.45) is 0 Å². The first-order valence-corrected chi connectivity index (χ1v) is 3.60. The molecule has 2 nitrogen and oxygen atoms in total. The maximum Gasteiger partial charge on any atom is 0.170 e. The second kappa shape index (κ2) is 5.28. The molecule has 0 aromatic heterocycles. The lowest BCUT2D eigenvalue weighted by molar-refractivity contribution is 0.0580. The van der Waals surface area contributed by atoms with Gasteiger partial charge >= 0.3 is 0 Å². The van der Waals surface area contributed by atoms with E-state index in [-0.39, 0.29) is 0 Å². The van der Waals surface area contributed by atoms with Gasteiger partial charge in [-0.1, -0.05) is 19.8 Å². The number of nitrogens with zero attached hydrogens (tertiary/aromatic N) is 1. The Kier molecular flexibility index (Phi) is 5.00. The van der Waals surface area contributed by atoms with Gasteiger partial charge in [0.2, 0.25) is 0 Å². The summed E-state index contributed by atoms with van der Waals surface area (Å²) in [4.78, 5) is 1.89. The molecule has 0 heterocycles. The van der Waals surface area contributed by atoms with Crippen molar-refractivity contribution in [1.29, 1.82) is 0 Å². The number of rotatable bonds is 3. The Labute approximate surface area is 62.8 Å². The van der Waals surface area contributed by atoms with Gasteiger partial charge in [-0.25, -0.2) is 0 Å². The molecule has 1 atom stereocenters. The average molecular weight is 141 g/mol. The molecule has 0 radical (unpaired) electrons. The molecule has 0 saturated heterocycles. The van der Waals surface area contributed by atoms with Crippen LogP contribution in [-0.4, -0.2) is 29.3 Å². The number of hydrogen-bond acceptors (Lipinski definition) is 2. The van der Waals surface area contributed by atoms with Gasteiger partial charge in [-0.3, -0.25) is 4.90 Å². The third-order valence-electron chi connectivity index (χ3n) is 1.43. The van der Waals surface area contributed by atoms with Gasteiger partial charge in [0.25, 0.3) is 0 Å². The van der Waals surface area contributed by atoms with Gasteiger partial charge < -0.3 is 5.11 Å². The molecule has 0 amide bonds. The molecule has 0 fully saturated rings. The highest BCUT2D eigenvalue weighted by Crippen LogP contribution is 1.92. The summed E-state index contributed by atoms with van der Waals surface area (Å²) in [7, 11) is 0. The van der Waals surface area contributed by atoms with Crippen molar-refractivity contribution >= 4 is 0 Å². The summed E-state index contributed by atoms with van der Waals surface area (Å²) in [5.74, 6) is 5.35. The van der Waals surface area contributed by atoms with Crippen molar-refractivity contribution in [1.82, 2.24) is 4.90 Å². The molecule has 0 aromatic rings. The first-order valence-electron chi connectivity index (χ1n) is 3.60.